The first-order valence-electron chi connectivity index (χ1n) is 9.40. The van der Waals surface area contributed by atoms with E-state index in [1.165, 1.54) is 64.2 Å². The van der Waals surface area contributed by atoms with Crippen LogP contribution >= 0.6 is 0 Å². The Morgan fingerprint density at radius 1 is 0.762 bits per heavy atom. The summed E-state index contributed by atoms with van der Waals surface area (Å²) in [6.07, 6.45) is 15.4. The number of rotatable bonds is 15. The van der Waals surface area contributed by atoms with E-state index in [1.807, 2.05) is 0 Å². The van der Waals surface area contributed by atoms with Crippen LogP contribution in [-0.4, -0.2) is 12.6 Å². The highest BCUT2D eigenvalue weighted by molar-refractivity contribution is 5.69. The Labute approximate surface area is 133 Å². The third-order valence-electron chi connectivity index (χ3n) is 4.19. The van der Waals surface area contributed by atoms with E-state index < -0.39 is 0 Å². The monoisotopic (exact) mass is 298 g/mol. The highest BCUT2D eigenvalue weighted by atomic mass is 16.5. The van der Waals surface area contributed by atoms with Crippen molar-refractivity contribution in [3.8, 4) is 0 Å². The number of carbonyl (C=O) groups is 1. The first-order valence-corrected chi connectivity index (χ1v) is 9.40. The van der Waals surface area contributed by atoms with Crippen LogP contribution in [0.25, 0.3) is 0 Å². The van der Waals surface area contributed by atoms with Gasteiger partial charge in [0.25, 0.3) is 0 Å². The van der Waals surface area contributed by atoms with Gasteiger partial charge in [-0.1, -0.05) is 85.0 Å². The van der Waals surface area contributed by atoms with E-state index in [4.69, 9.17) is 4.74 Å². The zero-order valence-electron chi connectivity index (χ0n) is 14.8. The van der Waals surface area contributed by atoms with Crippen molar-refractivity contribution in [3.63, 3.8) is 0 Å². The fraction of sp³-hybridized carbons (Fsp3) is 0.947. The molecule has 0 aromatic carbocycles. The lowest BCUT2D eigenvalue weighted by molar-refractivity contribution is -0.144. The third-order valence-corrected chi connectivity index (χ3v) is 4.19. The molecule has 0 heterocycles. The van der Waals surface area contributed by atoms with Gasteiger partial charge in [0, 0.05) is 6.42 Å². The topological polar surface area (TPSA) is 26.3 Å². The van der Waals surface area contributed by atoms with E-state index in [1.54, 1.807) is 0 Å². The van der Waals surface area contributed by atoms with Crippen molar-refractivity contribution >= 4 is 5.97 Å². The van der Waals surface area contributed by atoms with Gasteiger partial charge in [0.05, 0.1) is 6.61 Å². The lowest BCUT2D eigenvalue weighted by Crippen LogP contribution is -2.10. The summed E-state index contributed by atoms with van der Waals surface area (Å²) < 4.78 is 5.39. The molecule has 0 spiro atoms. The standard InChI is InChI=1S/C19H38O2/c1-4-7-9-10-12-15-19(20)21-17-16-18(13-6-3)14-11-8-5-2/h18H,4-17H2,1-3H3. The molecule has 21 heavy (non-hydrogen) atoms. The molecule has 0 radical (unpaired) electrons. The Morgan fingerprint density at radius 3 is 2.10 bits per heavy atom. The first kappa shape index (κ1) is 20.5. The molecule has 0 aliphatic rings. The summed E-state index contributed by atoms with van der Waals surface area (Å²) in [5.74, 6) is 0.759. The van der Waals surface area contributed by atoms with E-state index in [2.05, 4.69) is 20.8 Å². The van der Waals surface area contributed by atoms with E-state index in [0.717, 1.165) is 18.8 Å². The third kappa shape index (κ3) is 14.2. The molecule has 0 aliphatic carbocycles. The van der Waals surface area contributed by atoms with Crippen LogP contribution in [0.2, 0.25) is 0 Å². The normalized spacial score (nSPS) is 12.3. The minimum Gasteiger partial charge on any atom is -0.466 e. The first-order chi connectivity index (χ1) is 10.2. The van der Waals surface area contributed by atoms with Crippen molar-refractivity contribution in [1.82, 2.24) is 0 Å². The lowest BCUT2D eigenvalue weighted by Gasteiger charge is -2.15. The van der Waals surface area contributed by atoms with E-state index in [0.29, 0.717) is 13.0 Å². The maximum atomic E-state index is 11.7. The molecule has 0 N–H and O–H groups in total. The van der Waals surface area contributed by atoms with Gasteiger partial charge in [0.1, 0.15) is 0 Å². The van der Waals surface area contributed by atoms with E-state index in [-0.39, 0.29) is 5.97 Å². The van der Waals surface area contributed by atoms with Crippen LogP contribution in [0, 0.1) is 5.92 Å². The fourth-order valence-electron chi connectivity index (χ4n) is 2.81. The van der Waals surface area contributed by atoms with Crippen LogP contribution in [0.15, 0.2) is 0 Å². The summed E-state index contributed by atoms with van der Waals surface area (Å²) in [5.41, 5.74) is 0. The second-order valence-corrected chi connectivity index (χ2v) is 6.32. The molecular formula is C19H38O2. The maximum Gasteiger partial charge on any atom is 0.305 e. The number of hydrogen-bond donors (Lipinski definition) is 0. The summed E-state index contributed by atoms with van der Waals surface area (Å²) in [7, 11) is 0. The van der Waals surface area contributed by atoms with E-state index >= 15 is 0 Å². The predicted octanol–water partition coefficient (Wildman–Crippen LogP) is 6.28. The van der Waals surface area contributed by atoms with Gasteiger partial charge in [-0.2, -0.15) is 0 Å². The van der Waals surface area contributed by atoms with Crippen molar-refractivity contribution < 1.29 is 9.53 Å². The SMILES string of the molecule is CCCCCCCC(=O)OCCC(CCC)CCCCC. The van der Waals surface area contributed by atoms with Gasteiger partial charge in [-0.15, -0.1) is 0 Å². The van der Waals surface area contributed by atoms with Gasteiger partial charge in [-0.3, -0.25) is 4.79 Å². The number of carbonyl (C=O) groups excluding carboxylic acids is 1. The quantitative estimate of drug-likeness (QED) is 0.263. The molecule has 0 amide bonds. The van der Waals surface area contributed by atoms with Gasteiger partial charge in [0.15, 0.2) is 0 Å². The molecule has 2 heteroatoms. The Morgan fingerprint density at radius 2 is 1.43 bits per heavy atom. The van der Waals surface area contributed by atoms with Crippen molar-refractivity contribution in [1.29, 1.82) is 0 Å². The van der Waals surface area contributed by atoms with Crippen LogP contribution in [0.3, 0.4) is 0 Å². The number of hydrogen-bond acceptors (Lipinski definition) is 2. The highest BCUT2D eigenvalue weighted by Gasteiger charge is 2.09. The Bertz CT molecular complexity index is 226. The molecule has 0 aliphatic heterocycles. The Kier molecular flexibility index (Phi) is 15.5. The van der Waals surface area contributed by atoms with Crippen LogP contribution in [0.4, 0.5) is 0 Å². The Hall–Kier alpha value is -0.530. The summed E-state index contributed by atoms with van der Waals surface area (Å²) in [6.45, 7) is 7.33. The molecule has 0 saturated carbocycles. The van der Waals surface area contributed by atoms with Gasteiger partial charge in [-0.05, 0) is 18.8 Å². The van der Waals surface area contributed by atoms with Gasteiger partial charge >= 0.3 is 5.97 Å². The van der Waals surface area contributed by atoms with Crippen LogP contribution in [0.5, 0.6) is 0 Å². The van der Waals surface area contributed by atoms with Gasteiger partial charge in [0.2, 0.25) is 0 Å². The maximum absolute atomic E-state index is 11.7. The summed E-state index contributed by atoms with van der Waals surface area (Å²) in [6, 6.07) is 0. The van der Waals surface area contributed by atoms with Crippen LogP contribution in [0.1, 0.15) is 104 Å². The number of unbranched alkanes of at least 4 members (excludes halogenated alkanes) is 6. The average molecular weight is 299 g/mol. The minimum atomic E-state index is 0.00954. The Balaban J connectivity index is 3.59. The lowest BCUT2D eigenvalue weighted by atomic mass is 9.94. The highest BCUT2D eigenvalue weighted by Crippen LogP contribution is 2.19. The van der Waals surface area contributed by atoms with Crippen molar-refractivity contribution in [2.75, 3.05) is 6.61 Å². The number of esters is 1. The predicted molar refractivity (Wildman–Crippen MR) is 91.5 cm³/mol. The van der Waals surface area contributed by atoms with Crippen LogP contribution in [-0.2, 0) is 9.53 Å². The molecule has 1 unspecified atom stereocenters. The molecule has 126 valence electrons. The molecule has 0 fully saturated rings. The molecule has 1 atom stereocenters. The van der Waals surface area contributed by atoms with E-state index in [9.17, 15) is 4.79 Å². The smallest absolute Gasteiger partial charge is 0.305 e. The molecular weight excluding hydrogens is 260 g/mol. The second kappa shape index (κ2) is 15.9. The summed E-state index contributed by atoms with van der Waals surface area (Å²) >= 11 is 0. The van der Waals surface area contributed by atoms with Crippen LogP contribution < -0.4 is 0 Å². The largest absolute Gasteiger partial charge is 0.466 e. The molecule has 0 bridgehead atoms. The second-order valence-electron chi connectivity index (χ2n) is 6.32. The minimum absolute atomic E-state index is 0.00954. The molecule has 0 rings (SSSR count). The molecule has 2 nitrogen and oxygen atoms in total. The molecule has 0 aromatic heterocycles. The molecule has 0 saturated heterocycles. The van der Waals surface area contributed by atoms with Crippen molar-refractivity contribution in [2.45, 2.75) is 104 Å². The zero-order chi connectivity index (χ0) is 15.8. The van der Waals surface area contributed by atoms with Crippen molar-refractivity contribution in [2.24, 2.45) is 5.92 Å². The zero-order valence-corrected chi connectivity index (χ0v) is 14.8. The van der Waals surface area contributed by atoms with Gasteiger partial charge < -0.3 is 4.74 Å². The van der Waals surface area contributed by atoms with Crippen molar-refractivity contribution in [3.05, 3.63) is 0 Å². The molecule has 0 aromatic rings. The summed E-state index contributed by atoms with van der Waals surface area (Å²) in [4.78, 5) is 11.7. The number of ether oxygens (including phenoxy) is 1. The summed E-state index contributed by atoms with van der Waals surface area (Å²) in [5, 5.41) is 0. The average Bonchev–Trinajstić information content (AvgIpc) is 2.47. The van der Waals surface area contributed by atoms with Gasteiger partial charge in [-0.25, -0.2) is 0 Å². The fourth-order valence-corrected chi connectivity index (χ4v) is 2.81.